The van der Waals surface area contributed by atoms with Gasteiger partial charge in [0.25, 0.3) is 0 Å². The molecule has 2 aromatic carbocycles. The topological polar surface area (TPSA) is 36.9 Å². The lowest BCUT2D eigenvalue weighted by atomic mass is 10.1. The Labute approximate surface area is 174 Å². The smallest absolute Gasteiger partial charge is 0.115 e. The average Bonchev–Trinajstić information content (AvgIpc) is 3.25. The molecule has 0 bridgehead atoms. The quantitative estimate of drug-likeness (QED) is 0.421. The highest BCUT2D eigenvalue weighted by Crippen LogP contribution is 2.37. The van der Waals surface area contributed by atoms with E-state index in [0.29, 0.717) is 19.8 Å². The van der Waals surface area contributed by atoms with Crippen LogP contribution in [0.5, 0.6) is 0 Å². The highest BCUT2D eigenvalue weighted by molar-refractivity contribution is 14.1. The molecule has 0 N–H and O–H groups in total. The van der Waals surface area contributed by atoms with Crippen molar-refractivity contribution in [2.24, 2.45) is 0 Å². The molecule has 2 heterocycles. The molecule has 5 atom stereocenters. The third kappa shape index (κ3) is 4.90. The SMILES string of the molecule is IC[C@H]1C[C@H]2O[C@H](COCc3ccccc3)[C@@H](OCc3ccccc3)[C@H]2O1. The zero-order chi connectivity index (χ0) is 18.5. The van der Waals surface area contributed by atoms with E-state index in [4.69, 9.17) is 18.9 Å². The van der Waals surface area contributed by atoms with Crippen LogP contribution in [0.1, 0.15) is 17.5 Å². The zero-order valence-electron chi connectivity index (χ0n) is 15.2. The first-order valence-corrected chi connectivity index (χ1v) is 11.0. The molecule has 0 unspecified atom stereocenters. The van der Waals surface area contributed by atoms with Gasteiger partial charge in [-0.3, -0.25) is 0 Å². The molecule has 144 valence electrons. The van der Waals surface area contributed by atoms with Crippen molar-refractivity contribution in [1.82, 2.24) is 0 Å². The normalized spacial score (nSPS) is 29.7. The van der Waals surface area contributed by atoms with E-state index in [1.54, 1.807) is 0 Å². The van der Waals surface area contributed by atoms with Crippen molar-refractivity contribution in [2.45, 2.75) is 50.2 Å². The standard InChI is InChI=1S/C22H25IO4/c23-12-18-11-19-22(26-18)21(25-14-17-9-5-2-6-10-17)20(27-19)15-24-13-16-7-3-1-4-8-16/h1-10,18-22H,11-15H2/t18-,19-,20-,21-,22+/m1/s1. The van der Waals surface area contributed by atoms with Crippen LogP contribution in [-0.2, 0) is 32.2 Å². The second-order valence-corrected chi connectivity index (χ2v) is 7.97. The fraction of sp³-hybridized carbons (Fsp3) is 0.455. The van der Waals surface area contributed by atoms with Gasteiger partial charge in [-0.05, 0) is 11.1 Å². The van der Waals surface area contributed by atoms with Crippen LogP contribution >= 0.6 is 22.6 Å². The molecule has 0 radical (unpaired) electrons. The third-order valence-electron chi connectivity index (χ3n) is 5.10. The van der Waals surface area contributed by atoms with Crippen molar-refractivity contribution in [1.29, 1.82) is 0 Å². The summed E-state index contributed by atoms with van der Waals surface area (Å²) in [7, 11) is 0. The molecule has 0 aromatic heterocycles. The molecule has 2 aliphatic heterocycles. The average molecular weight is 480 g/mol. The highest BCUT2D eigenvalue weighted by Gasteiger charge is 2.51. The van der Waals surface area contributed by atoms with Gasteiger partial charge in [-0.25, -0.2) is 0 Å². The number of hydrogen-bond donors (Lipinski definition) is 0. The van der Waals surface area contributed by atoms with Gasteiger partial charge in [0.1, 0.15) is 18.3 Å². The lowest BCUT2D eigenvalue weighted by molar-refractivity contribution is -0.0984. The Morgan fingerprint density at radius 2 is 1.56 bits per heavy atom. The summed E-state index contributed by atoms with van der Waals surface area (Å²) in [4.78, 5) is 0. The molecule has 2 saturated heterocycles. The Morgan fingerprint density at radius 3 is 2.22 bits per heavy atom. The summed E-state index contributed by atoms with van der Waals surface area (Å²) in [6, 6.07) is 20.5. The van der Waals surface area contributed by atoms with E-state index in [1.165, 1.54) is 5.56 Å². The number of benzene rings is 2. The van der Waals surface area contributed by atoms with Gasteiger partial charge in [0.05, 0.1) is 32.0 Å². The van der Waals surface area contributed by atoms with Gasteiger partial charge in [0.2, 0.25) is 0 Å². The van der Waals surface area contributed by atoms with Crippen LogP contribution in [0.25, 0.3) is 0 Å². The number of halogens is 1. The van der Waals surface area contributed by atoms with Crippen LogP contribution in [-0.4, -0.2) is 41.6 Å². The second kappa shape index (κ2) is 9.47. The molecule has 2 aliphatic rings. The molecule has 4 nitrogen and oxygen atoms in total. The lowest BCUT2D eigenvalue weighted by Gasteiger charge is -2.24. The van der Waals surface area contributed by atoms with Gasteiger partial charge in [-0.2, -0.15) is 0 Å². The van der Waals surface area contributed by atoms with Crippen molar-refractivity contribution >= 4 is 22.6 Å². The maximum Gasteiger partial charge on any atom is 0.115 e. The summed E-state index contributed by atoms with van der Waals surface area (Å²) in [6.45, 7) is 1.66. The number of alkyl halides is 1. The van der Waals surface area contributed by atoms with Crippen LogP contribution < -0.4 is 0 Å². The molecule has 0 spiro atoms. The third-order valence-corrected chi connectivity index (χ3v) is 6.08. The van der Waals surface area contributed by atoms with Crippen LogP contribution in [0.2, 0.25) is 0 Å². The number of ether oxygens (including phenoxy) is 4. The minimum Gasteiger partial charge on any atom is -0.374 e. The molecule has 0 amide bonds. The van der Waals surface area contributed by atoms with Crippen molar-refractivity contribution in [3.8, 4) is 0 Å². The van der Waals surface area contributed by atoms with Gasteiger partial charge in [-0.15, -0.1) is 0 Å². The van der Waals surface area contributed by atoms with Crippen molar-refractivity contribution < 1.29 is 18.9 Å². The van der Waals surface area contributed by atoms with E-state index < -0.39 is 0 Å². The number of fused-ring (bicyclic) bond motifs is 1. The van der Waals surface area contributed by atoms with Crippen molar-refractivity contribution in [3.05, 3.63) is 71.8 Å². The molecule has 4 rings (SSSR count). The Morgan fingerprint density at radius 1 is 0.889 bits per heavy atom. The van der Waals surface area contributed by atoms with E-state index in [1.807, 2.05) is 36.4 Å². The van der Waals surface area contributed by atoms with Gasteiger partial charge in [0.15, 0.2) is 0 Å². The van der Waals surface area contributed by atoms with Gasteiger partial charge in [0, 0.05) is 10.8 Å². The summed E-state index contributed by atoms with van der Waals surface area (Å²) < 4.78 is 25.7. The van der Waals surface area contributed by atoms with E-state index in [-0.39, 0.29) is 30.5 Å². The molecular weight excluding hydrogens is 455 g/mol. The maximum atomic E-state index is 6.28. The number of hydrogen-bond acceptors (Lipinski definition) is 4. The second-order valence-electron chi connectivity index (χ2n) is 7.09. The van der Waals surface area contributed by atoms with Gasteiger partial charge < -0.3 is 18.9 Å². The minimum absolute atomic E-state index is 0.00111. The molecule has 5 heteroatoms. The number of rotatable bonds is 8. The molecule has 27 heavy (non-hydrogen) atoms. The molecule has 2 aromatic rings. The molecule has 0 aliphatic carbocycles. The predicted octanol–water partition coefficient (Wildman–Crippen LogP) is 4.15. The van der Waals surface area contributed by atoms with Crippen molar-refractivity contribution in [2.75, 3.05) is 11.0 Å². The largest absolute Gasteiger partial charge is 0.374 e. The molecular formula is C22H25IO4. The fourth-order valence-corrected chi connectivity index (χ4v) is 4.33. The minimum atomic E-state index is -0.0982. The van der Waals surface area contributed by atoms with Crippen LogP contribution in [0.4, 0.5) is 0 Å². The molecule has 2 fully saturated rings. The van der Waals surface area contributed by atoms with E-state index >= 15 is 0 Å². The van der Waals surface area contributed by atoms with Crippen LogP contribution in [0, 0.1) is 0 Å². The van der Waals surface area contributed by atoms with Crippen molar-refractivity contribution in [3.63, 3.8) is 0 Å². The first-order chi connectivity index (χ1) is 13.3. The van der Waals surface area contributed by atoms with Crippen LogP contribution in [0.15, 0.2) is 60.7 Å². The first-order valence-electron chi connectivity index (χ1n) is 9.47. The zero-order valence-corrected chi connectivity index (χ0v) is 17.4. The fourth-order valence-electron chi connectivity index (χ4n) is 3.76. The summed E-state index contributed by atoms with van der Waals surface area (Å²) in [5.41, 5.74) is 2.33. The van der Waals surface area contributed by atoms with E-state index in [9.17, 15) is 0 Å². The maximum absolute atomic E-state index is 6.28. The summed E-state index contributed by atoms with van der Waals surface area (Å²) in [6.07, 6.45) is 1.11. The van der Waals surface area contributed by atoms with E-state index in [0.717, 1.165) is 16.4 Å². The van der Waals surface area contributed by atoms with E-state index in [2.05, 4.69) is 46.9 Å². The molecule has 0 saturated carbocycles. The van der Waals surface area contributed by atoms with Gasteiger partial charge in [-0.1, -0.05) is 83.3 Å². The highest BCUT2D eigenvalue weighted by atomic mass is 127. The lowest BCUT2D eigenvalue weighted by Crippen LogP contribution is -2.37. The van der Waals surface area contributed by atoms with Gasteiger partial charge >= 0.3 is 0 Å². The monoisotopic (exact) mass is 480 g/mol. The summed E-state index contributed by atoms with van der Waals surface area (Å²) >= 11 is 2.38. The Bertz CT molecular complexity index is 696. The van der Waals surface area contributed by atoms with Crippen LogP contribution in [0.3, 0.4) is 0 Å². The Balaban J connectivity index is 1.36. The summed E-state index contributed by atoms with van der Waals surface area (Å²) in [5, 5.41) is 0. The Kier molecular flexibility index (Phi) is 6.78. The Hall–Kier alpha value is -0.990. The first kappa shape index (κ1) is 19.3. The predicted molar refractivity (Wildman–Crippen MR) is 112 cm³/mol. The summed E-state index contributed by atoms with van der Waals surface area (Å²) in [5.74, 6) is 0.